The lowest BCUT2D eigenvalue weighted by molar-refractivity contribution is 0.476. The first-order chi connectivity index (χ1) is 10.5. The minimum absolute atomic E-state index is 0.218. The monoisotopic (exact) mass is 320 g/mol. The van der Waals surface area contributed by atoms with Crippen LogP contribution in [0.15, 0.2) is 29.3 Å². The third-order valence-electron chi connectivity index (χ3n) is 3.31. The molecule has 0 amide bonds. The summed E-state index contributed by atoms with van der Waals surface area (Å²) in [6.45, 7) is 5.40. The Hall–Kier alpha value is -1.95. The minimum Gasteiger partial charge on any atom is -0.351 e. The Balaban J connectivity index is 1.96. The van der Waals surface area contributed by atoms with E-state index in [0.29, 0.717) is 13.1 Å². The number of hydrogen-bond acceptors (Lipinski definition) is 3. The third kappa shape index (κ3) is 4.27. The number of halogens is 1. The lowest BCUT2D eigenvalue weighted by atomic mass is 10.2. The van der Waals surface area contributed by atoms with E-state index >= 15 is 0 Å². The lowest BCUT2D eigenvalue weighted by Gasteiger charge is -2.22. The molecule has 1 aromatic heterocycles. The largest absolute Gasteiger partial charge is 0.351 e. The first-order valence-electron chi connectivity index (χ1n) is 7.08. The SMILES string of the molecule is CN=C(NCc1sc(C)nc1C)N(C)Cc1ccc(F)cc1. The van der Waals surface area contributed by atoms with Crippen molar-refractivity contribution >= 4 is 17.3 Å². The number of benzene rings is 1. The average Bonchev–Trinajstić information content (AvgIpc) is 2.80. The molecule has 0 spiro atoms. The maximum Gasteiger partial charge on any atom is 0.193 e. The smallest absolute Gasteiger partial charge is 0.193 e. The number of aromatic nitrogens is 1. The highest BCUT2D eigenvalue weighted by Crippen LogP contribution is 2.16. The Morgan fingerprint density at radius 2 is 2.00 bits per heavy atom. The topological polar surface area (TPSA) is 40.5 Å². The number of guanidine groups is 1. The number of thiazole rings is 1. The molecule has 1 aromatic carbocycles. The predicted octanol–water partition coefficient (Wildman–Crippen LogP) is 3.11. The van der Waals surface area contributed by atoms with Crippen LogP contribution in [0.3, 0.4) is 0 Å². The Bertz CT molecular complexity index is 649. The summed E-state index contributed by atoms with van der Waals surface area (Å²) in [5.74, 6) is 0.583. The van der Waals surface area contributed by atoms with E-state index in [1.54, 1.807) is 30.5 Å². The van der Waals surface area contributed by atoms with Crippen LogP contribution in [-0.4, -0.2) is 29.9 Å². The highest BCUT2D eigenvalue weighted by Gasteiger charge is 2.09. The highest BCUT2D eigenvalue weighted by molar-refractivity contribution is 7.11. The molecule has 22 heavy (non-hydrogen) atoms. The van der Waals surface area contributed by atoms with E-state index in [0.717, 1.165) is 22.2 Å². The zero-order valence-electron chi connectivity index (χ0n) is 13.4. The van der Waals surface area contributed by atoms with Gasteiger partial charge in [0.1, 0.15) is 5.82 Å². The molecule has 0 saturated heterocycles. The number of hydrogen-bond donors (Lipinski definition) is 1. The molecular weight excluding hydrogens is 299 g/mol. The molecule has 0 aliphatic carbocycles. The predicted molar refractivity (Wildman–Crippen MR) is 89.7 cm³/mol. The number of rotatable bonds is 4. The molecule has 2 aromatic rings. The van der Waals surface area contributed by atoms with Crippen molar-refractivity contribution in [3.05, 3.63) is 51.2 Å². The fourth-order valence-electron chi connectivity index (χ4n) is 2.22. The Labute approximate surface area is 134 Å². The number of aryl methyl sites for hydroxylation is 2. The summed E-state index contributed by atoms with van der Waals surface area (Å²) < 4.78 is 12.9. The van der Waals surface area contributed by atoms with Crippen LogP contribution < -0.4 is 5.32 Å². The summed E-state index contributed by atoms with van der Waals surface area (Å²) >= 11 is 1.70. The van der Waals surface area contributed by atoms with Crippen LogP contribution in [-0.2, 0) is 13.1 Å². The molecule has 0 saturated carbocycles. The van der Waals surface area contributed by atoms with Crippen molar-refractivity contribution in [3.63, 3.8) is 0 Å². The van der Waals surface area contributed by atoms with E-state index in [-0.39, 0.29) is 5.82 Å². The van der Waals surface area contributed by atoms with Gasteiger partial charge in [0.05, 0.1) is 17.2 Å². The molecule has 0 aliphatic rings. The molecule has 0 atom stereocenters. The van der Waals surface area contributed by atoms with Gasteiger partial charge < -0.3 is 10.2 Å². The van der Waals surface area contributed by atoms with Gasteiger partial charge in [0, 0.05) is 25.5 Å². The van der Waals surface area contributed by atoms with Gasteiger partial charge in [-0.1, -0.05) is 12.1 Å². The van der Waals surface area contributed by atoms with Crippen molar-refractivity contribution in [1.29, 1.82) is 0 Å². The van der Waals surface area contributed by atoms with Crippen LogP contribution in [0.4, 0.5) is 4.39 Å². The van der Waals surface area contributed by atoms with E-state index in [9.17, 15) is 4.39 Å². The first-order valence-corrected chi connectivity index (χ1v) is 7.90. The van der Waals surface area contributed by atoms with Gasteiger partial charge in [-0.3, -0.25) is 4.99 Å². The summed E-state index contributed by atoms with van der Waals surface area (Å²) in [5.41, 5.74) is 2.10. The van der Waals surface area contributed by atoms with Crippen LogP contribution >= 0.6 is 11.3 Å². The highest BCUT2D eigenvalue weighted by atomic mass is 32.1. The van der Waals surface area contributed by atoms with Crippen LogP contribution in [0, 0.1) is 19.7 Å². The Kier molecular flexibility index (Phi) is 5.49. The van der Waals surface area contributed by atoms with Gasteiger partial charge in [-0.15, -0.1) is 11.3 Å². The van der Waals surface area contributed by atoms with Crippen LogP contribution in [0.5, 0.6) is 0 Å². The first kappa shape index (κ1) is 16.4. The second-order valence-electron chi connectivity index (χ2n) is 5.12. The number of aliphatic imine (C=N–C) groups is 1. The maximum absolute atomic E-state index is 12.9. The fraction of sp³-hybridized carbons (Fsp3) is 0.375. The van der Waals surface area contributed by atoms with Crippen LogP contribution in [0.25, 0.3) is 0 Å². The van der Waals surface area contributed by atoms with Crippen LogP contribution in [0.2, 0.25) is 0 Å². The van der Waals surface area contributed by atoms with Crippen molar-refractivity contribution in [3.8, 4) is 0 Å². The van der Waals surface area contributed by atoms with Gasteiger partial charge in [-0.05, 0) is 31.5 Å². The van der Waals surface area contributed by atoms with Gasteiger partial charge in [-0.25, -0.2) is 9.37 Å². The quantitative estimate of drug-likeness (QED) is 0.695. The van der Waals surface area contributed by atoms with Crippen molar-refractivity contribution in [2.45, 2.75) is 26.9 Å². The Morgan fingerprint density at radius 3 is 2.55 bits per heavy atom. The van der Waals surface area contributed by atoms with Gasteiger partial charge in [0.25, 0.3) is 0 Å². The summed E-state index contributed by atoms with van der Waals surface area (Å²) in [6.07, 6.45) is 0. The maximum atomic E-state index is 12.9. The van der Waals surface area contributed by atoms with E-state index in [1.807, 2.05) is 25.8 Å². The molecule has 1 heterocycles. The molecule has 0 fully saturated rings. The molecule has 2 rings (SSSR count). The second-order valence-corrected chi connectivity index (χ2v) is 6.41. The number of nitrogens with zero attached hydrogens (tertiary/aromatic N) is 3. The zero-order chi connectivity index (χ0) is 16.1. The average molecular weight is 320 g/mol. The Morgan fingerprint density at radius 1 is 1.32 bits per heavy atom. The van der Waals surface area contributed by atoms with Crippen LogP contribution in [0.1, 0.15) is 21.1 Å². The molecule has 0 radical (unpaired) electrons. The third-order valence-corrected chi connectivity index (χ3v) is 4.39. The number of nitrogens with one attached hydrogen (secondary N) is 1. The summed E-state index contributed by atoms with van der Waals surface area (Å²) in [4.78, 5) is 11.9. The normalized spacial score (nSPS) is 11.6. The standard InChI is InChI=1S/C16H21FN4S/c1-11-15(22-12(2)20-11)9-19-16(18-3)21(4)10-13-5-7-14(17)8-6-13/h5-8H,9-10H2,1-4H3,(H,18,19). The van der Waals surface area contributed by atoms with E-state index in [1.165, 1.54) is 17.0 Å². The molecule has 1 N–H and O–H groups in total. The van der Waals surface area contributed by atoms with E-state index < -0.39 is 0 Å². The van der Waals surface area contributed by atoms with Crippen molar-refractivity contribution < 1.29 is 4.39 Å². The summed E-state index contributed by atoms with van der Waals surface area (Å²) in [5, 5.41) is 4.42. The molecule has 0 bridgehead atoms. The van der Waals surface area contributed by atoms with Crippen molar-refractivity contribution in [1.82, 2.24) is 15.2 Å². The summed E-state index contributed by atoms with van der Waals surface area (Å²) in [7, 11) is 3.72. The summed E-state index contributed by atoms with van der Waals surface area (Å²) in [6, 6.07) is 6.53. The molecular formula is C16H21FN4S. The van der Waals surface area contributed by atoms with E-state index in [4.69, 9.17) is 0 Å². The molecule has 4 nitrogen and oxygen atoms in total. The van der Waals surface area contributed by atoms with Gasteiger partial charge in [0.2, 0.25) is 0 Å². The van der Waals surface area contributed by atoms with E-state index in [2.05, 4.69) is 15.3 Å². The van der Waals surface area contributed by atoms with Crippen molar-refractivity contribution in [2.75, 3.05) is 14.1 Å². The van der Waals surface area contributed by atoms with Gasteiger partial charge in [0.15, 0.2) is 5.96 Å². The molecule has 0 unspecified atom stereocenters. The zero-order valence-corrected chi connectivity index (χ0v) is 14.2. The molecule has 118 valence electrons. The molecule has 0 aliphatic heterocycles. The van der Waals surface area contributed by atoms with Crippen molar-refractivity contribution in [2.24, 2.45) is 4.99 Å². The van der Waals surface area contributed by atoms with Gasteiger partial charge in [-0.2, -0.15) is 0 Å². The van der Waals surface area contributed by atoms with Gasteiger partial charge >= 0.3 is 0 Å². The minimum atomic E-state index is -0.218. The fourth-order valence-corrected chi connectivity index (χ4v) is 3.10. The molecule has 6 heteroatoms. The lowest BCUT2D eigenvalue weighted by Crippen LogP contribution is -2.38. The second kappa shape index (κ2) is 7.35.